The van der Waals surface area contributed by atoms with Gasteiger partial charge in [-0.15, -0.1) is 0 Å². The number of hydrogen-bond acceptors (Lipinski definition) is 12. The number of hydrogen-bond donors (Lipinski definition) is 4. The van der Waals surface area contributed by atoms with E-state index in [0.717, 1.165) is 21.9 Å². The number of alkyl carbamates (subject to hydrolysis) is 1. The van der Waals surface area contributed by atoms with Crippen molar-refractivity contribution < 1.29 is 57.2 Å². The first kappa shape index (κ1) is 56.9. The summed E-state index contributed by atoms with van der Waals surface area (Å²) < 4.78 is 27.6. The van der Waals surface area contributed by atoms with Crippen molar-refractivity contribution in [3.63, 3.8) is 0 Å². The first-order chi connectivity index (χ1) is 32.0. The predicted octanol–water partition coefficient (Wildman–Crippen LogP) is 8.42. The van der Waals surface area contributed by atoms with Gasteiger partial charge in [-0.2, -0.15) is 0 Å². The molecular weight excluding hydrogens is 887 g/mol. The van der Waals surface area contributed by atoms with Gasteiger partial charge >= 0.3 is 36.1 Å². The second kappa shape index (κ2) is 25.3. The van der Waals surface area contributed by atoms with E-state index in [-0.39, 0.29) is 51.3 Å². The van der Waals surface area contributed by atoms with Crippen LogP contribution in [-0.4, -0.2) is 96.7 Å². The highest BCUT2D eigenvalue weighted by molar-refractivity contribution is 6.02. The second-order valence-corrected chi connectivity index (χ2v) is 20.9. The molecule has 0 spiro atoms. The number of ether oxygens (including phenoxy) is 5. The van der Waals surface area contributed by atoms with Crippen LogP contribution in [0, 0.1) is 5.92 Å². The highest BCUT2D eigenvalue weighted by atomic mass is 16.6. The third-order valence-corrected chi connectivity index (χ3v) is 9.76. The number of amides is 5. The number of carbonyl (C=O) groups excluding carboxylic acids is 7. The van der Waals surface area contributed by atoms with E-state index in [1.54, 1.807) is 90.1 Å². The van der Waals surface area contributed by atoms with Gasteiger partial charge in [-0.25, -0.2) is 24.0 Å². The molecule has 0 saturated carbocycles. The first-order valence-electron chi connectivity index (χ1n) is 23.4. The molecule has 0 heterocycles. The number of nitrogens with zero attached hydrogens (tertiary/aromatic N) is 1. The van der Waals surface area contributed by atoms with Crippen LogP contribution in [-0.2, 0) is 55.9 Å². The van der Waals surface area contributed by atoms with Gasteiger partial charge in [-0.3, -0.25) is 14.5 Å². The topological polar surface area (TPSA) is 217 Å². The van der Waals surface area contributed by atoms with Gasteiger partial charge in [-0.05, 0) is 138 Å². The summed E-state index contributed by atoms with van der Waals surface area (Å²) >= 11 is 0. The number of fused-ring (bicyclic) bond motifs is 1. The van der Waals surface area contributed by atoms with Crippen molar-refractivity contribution in [2.24, 2.45) is 5.92 Å². The molecule has 3 aromatic rings. The number of nitrogens with one attached hydrogen (secondary N) is 4. The van der Waals surface area contributed by atoms with E-state index >= 15 is 0 Å². The lowest BCUT2D eigenvalue weighted by Gasteiger charge is -2.27. The van der Waals surface area contributed by atoms with Gasteiger partial charge in [-0.1, -0.05) is 60.7 Å². The highest BCUT2D eigenvalue weighted by Gasteiger charge is 2.32. The smallest absolute Gasteiger partial charge is 0.414 e. The molecule has 0 aromatic heterocycles. The van der Waals surface area contributed by atoms with Crippen LogP contribution in [0.5, 0.6) is 0 Å². The standard InChI is InChI=1S/C52H75N5O12/c1-49(2,3)66-42(58)27-26-40(45(61)68-51(7,8)9)56-46(62)55-39(44(60)67-50(4,5)6)25-19-20-28-53-43(59)37(32-54-47(63)65-33-34-21-15-14-16-22-34)30-35-29-36-23-17-18-24-38(36)41(31-35)57(13)48(64)69-52(10,11)12/h14-18,21-24,29,31,37,39-40H,19-20,25-28,30,32-33H2,1-13H3,(H,53,59)(H,54,63)(H2,55,56,62)/t37-,39-,40-/m0/s1. The van der Waals surface area contributed by atoms with Gasteiger partial charge in [0.05, 0.1) is 11.6 Å². The molecular formula is C52H75N5O12. The minimum absolute atomic E-state index is 0.0355. The van der Waals surface area contributed by atoms with Crippen LogP contribution in [0.1, 0.15) is 126 Å². The minimum Gasteiger partial charge on any atom is -0.460 e. The van der Waals surface area contributed by atoms with E-state index in [9.17, 15) is 33.6 Å². The molecule has 380 valence electrons. The lowest BCUT2D eigenvalue weighted by Crippen LogP contribution is -2.53. The van der Waals surface area contributed by atoms with Gasteiger partial charge in [0, 0.05) is 31.9 Å². The molecule has 0 radical (unpaired) electrons. The van der Waals surface area contributed by atoms with E-state index in [1.165, 1.54) is 4.90 Å². The van der Waals surface area contributed by atoms with Crippen LogP contribution >= 0.6 is 0 Å². The molecule has 17 nitrogen and oxygen atoms in total. The fraction of sp³-hybridized carbons (Fsp3) is 0.558. The molecule has 3 rings (SSSR count). The van der Waals surface area contributed by atoms with E-state index in [1.807, 2.05) is 66.7 Å². The third-order valence-electron chi connectivity index (χ3n) is 9.76. The molecule has 17 heteroatoms. The average molecular weight is 962 g/mol. The average Bonchev–Trinajstić information content (AvgIpc) is 3.22. The normalized spacial score (nSPS) is 13.2. The maximum Gasteiger partial charge on any atom is 0.414 e. The Morgan fingerprint density at radius 2 is 1.16 bits per heavy atom. The summed E-state index contributed by atoms with van der Waals surface area (Å²) in [4.78, 5) is 94.1. The Labute approximate surface area is 407 Å². The molecule has 0 unspecified atom stereocenters. The lowest BCUT2D eigenvalue weighted by atomic mass is 9.95. The molecule has 0 aliphatic carbocycles. The largest absolute Gasteiger partial charge is 0.460 e. The second-order valence-electron chi connectivity index (χ2n) is 20.9. The summed E-state index contributed by atoms with van der Waals surface area (Å²) in [6.07, 6.45) is -0.554. The maximum atomic E-state index is 14.0. The number of urea groups is 1. The Morgan fingerprint density at radius 1 is 0.609 bits per heavy atom. The van der Waals surface area contributed by atoms with Crippen molar-refractivity contribution in [1.82, 2.24) is 21.3 Å². The zero-order valence-electron chi connectivity index (χ0n) is 42.8. The van der Waals surface area contributed by atoms with Crippen LogP contribution in [0.3, 0.4) is 0 Å². The summed E-state index contributed by atoms with van der Waals surface area (Å²) in [7, 11) is 1.62. The van der Waals surface area contributed by atoms with Crippen LogP contribution in [0.4, 0.5) is 20.1 Å². The molecule has 69 heavy (non-hydrogen) atoms. The zero-order valence-corrected chi connectivity index (χ0v) is 42.8. The van der Waals surface area contributed by atoms with Crippen molar-refractivity contribution in [2.45, 2.75) is 163 Å². The highest BCUT2D eigenvalue weighted by Crippen LogP contribution is 2.30. The van der Waals surface area contributed by atoms with Gasteiger partial charge in [0.25, 0.3) is 0 Å². The molecule has 0 aliphatic heterocycles. The Morgan fingerprint density at radius 3 is 1.74 bits per heavy atom. The Bertz CT molecular complexity index is 2220. The lowest BCUT2D eigenvalue weighted by molar-refractivity contribution is -0.159. The minimum atomic E-state index is -1.24. The fourth-order valence-electron chi connectivity index (χ4n) is 6.78. The third kappa shape index (κ3) is 22.1. The van der Waals surface area contributed by atoms with Crippen molar-refractivity contribution >= 4 is 58.5 Å². The Balaban J connectivity index is 1.77. The summed E-state index contributed by atoms with van der Waals surface area (Å²) in [5, 5.41) is 12.5. The van der Waals surface area contributed by atoms with Gasteiger partial charge in [0.2, 0.25) is 5.91 Å². The van der Waals surface area contributed by atoms with E-state index in [0.29, 0.717) is 18.5 Å². The quantitative estimate of drug-likeness (QED) is 0.0477. The predicted molar refractivity (Wildman–Crippen MR) is 263 cm³/mol. The molecule has 0 saturated heterocycles. The molecule has 3 atom stereocenters. The van der Waals surface area contributed by atoms with Crippen LogP contribution in [0.2, 0.25) is 0 Å². The number of unbranched alkanes of at least 4 members (excludes halogenated alkanes) is 1. The number of benzene rings is 3. The zero-order chi connectivity index (χ0) is 51.7. The number of rotatable bonds is 20. The van der Waals surface area contributed by atoms with Gasteiger partial charge in [0.1, 0.15) is 41.1 Å². The summed E-state index contributed by atoms with van der Waals surface area (Å²) in [5.74, 6) is -3.19. The molecule has 0 aliphatic rings. The van der Waals surface area contributed by atoms with Crippen LogP contribution in [0.25, 0.3) is 10.8 Å². The summed E-state index contributed by atoms with van der Waals surface area (Å²) in [6, 6.07) is 17.3. The van der Waals surface area contributed by atoms with Gasteiger partial charge in [0.15, 0.2) is 0 Å². The maximum absolute atomic E-state index is 14.0. The van der Waals surface area contributed by atoms with Gasteiger partial charge < -0.3 is 45.0 Å². The molecule has 0 bridgehead atoms. The SMILES string of the molecule is CN(C(=O)OC(C)(C)C)c1cc(C[C@@H](CNC(=O)OCc2ccccc2)C(=O)NCCCC[C@H](NC(=O)N[C@@H](CCC(=O)OC(C)(C)C)C(=O)OC(C)(C)C)C(=O)OC(C)(C)C)cc2ccccc12. The fourth-order valence-corrected chi connectivity index (χ4v) is 6.78. The summed E-state index contributed by atoms with van der Waals surface area (Å²) in [5.41, 5.74) is -1.17. The Kier molecular flexibility index (Phi) is 20.9. The number of carbonyl (C=O) groups is 7. The van der Waals surface area contributed by atoms with Crippen molar-refractivity contribution in [2.75, 3.05) is 25.0 Å². The summed E-state index contributed by atoms with van der Waals surface area (Å²) in [6.45, 7) is 20.7. The van der Waals surface area contributed by atoms with Crippen LogP contribution < -0.4 is 26.2 Å². The van der Waals surface area contributed by atoms with Crippen molar-refractivity contribution in [3.05, 3.63) is 77.9 Å². The van der Waals surface area contributed by atoms with Crippen LogP contribution in [0.15, 0.2) is 66.7 Å². The molecule has 0 fully saturated rings. The molecule has 5 amide bonds. The molecule has 3 aromatic carbocycles. The van der Waals surface area contributed by atoms with E-state index < -0.39 is 76.5 Å². The van der Waals surface area contributed by atoms with E-state index in [4.69, 9.17) is 23.7 Å². The number of anilines is 1. The first-order valence-corrected chi connectivity index (χ1v) is 23.4. The number of esters is 3. The van der Waals surface area contributed by atoms with Crippen molar-refractivity contribution in [3.8, 4) is 0 Å². The monoisotopic (exact) mass is 962 g/mol. The Hall–Kier alpha value is -6.39. The molecule has 4 N–H and O–H groups in total. The van der Waals surface area contributed by atoms with E-state index in [2.05, 4.69) is 21.3 Å². The van der Waals surface area contributed by atoms with Crippen molar-refractivity contribution in [1.29, 1.82) is 0 Å².